The van der Waals surface area contributed by atoms with Crippen molar-refractivity contribution in [3.63, 3.8) is 0 Å². The largest absolute Gasteiger partial charge is 0.397 e. The van der Waals surface area contributed by atoms with Crippen molar-refractivity contribution >= 4 is 35.3 Å². The van der Waals surface area contributed by atoms with Crippen molar-refractivity contribution in [1.29, 1.82) is 0 Å². The summed E-state index contributed by atoms with van der Waals surface area (Å²) in [7, 11) is 0. The first-order chi connectivity index (χ1) is 8.66. The third-order valence-electron chi connectivity index (χ3n) is 2.46. The molecule has 3 N–H and O–H groups in total. The van der Waals surface area contributed by atoms with Gasteiger partial charge < -0.3 is 11.1 Å². The Labute approximate surface area is 121 Å². The van der Waals surface area contributed by atoms with E-state index in [1.54, 1.807) is 29.7 Å². The van der Waals surface area contributed by atoms with Crippen LogP contribution in [0.25, 0.3) is 0 Å². The molecule has 7 heteroatoms. The highest BCUT2D eigenvalue weighted by atomic mass is 35.5. The summed E-state index contributed by atoms with van der Waals surface area (Å²) in [6.45, 7) is 2.56. The van der Waals surface area contributed by atoms with Crippen LogP contribution in [0, 0.1) is 0 Å². The summed E-state index contributed by atoms with van der Waals surface area (Å²) in [4.78, 5) is 20.0. The monoisotopic (exact) mass is 298 g/mol. The van der Waals surface area contributed by atoms with Crippen molar-refractivity contribution in [3.05, 3.63) is 40.6 Å². The lowest BCUT2D eigenvalue weighted by Gasteiger charge is -2.09. The van der Waals surface area contributed by atoms with E-state index in [0.29, 0.717) is 17.9 Å². The minimum absolute atomic E-state index is 0. The molecule has 0 aliphatic carbocycles. The van der Waals surface area contributed by atoms with Crippen LogP contribution >= 0.6 is 23.7 Å². The molecule has 2 heterocycles. The third kappa shape index (κ3) is 4.18. The average Bonchev–Trinajstić information content (AvgIpc) is 2.90. The number of aromatic nitrogens is 2. The molecule has 0 aromatic carbocycles. The highest BCUT2D eigenvalue weighted by Crippen LogP contribution is 2.16. The number of pyridine rings is 1. The van der Waals surface area contributed by atoms with E-state index in [1.165, 1.54) is 6.20 Å². The number of amides is 1. The Balaban J connectivity index is 0.00000180. The standard InChI is InChI=1S/C12H14N4OS.ClH/c1-8(12-14-4-5-18-12)6-16-11(17)10-3-2-9(13)7-15-10;/h2-5,7-8H,6,13H2,1H3,(H,16,17);1H. The lowest BCUT2D eigenvalue weighted by Crippen LogP contribution is -2.28. The number of nitrogens with two attached hydrogens (primary N) is 1. The maximum absolute atomic E-state index is 11.8. The zero-order valence-electron chi connectivity index (χ0n) is 10.4. The van der Waals surface area contributed by atoms with Gasteiger partial charge in [0.25, 0.3) is 5.91 Å². The van der Waals surface area contributed by atoms with Crippen LogP contribution in [0.1, 0.15) is 28.3 Å². The molecule has 102 valence electrons. The van der Waals surface area contributed by atoms with Crippen LogP contribution < -0.4 is 11.1 Å². The van der Waals surface area contributed by atoms with Crippen LogP contribution in [-0.4, -0.2) is 22.4 Å². The molecule has 0 saturated carbocycles. The van der Waals surface area contributed by atoms with Crippen molar-refractivity contribution in [2.24, 2.45) is 0 Å². The predicted octanol–water partition coefficient (Wildman–Crippen LogP) is 2.08. The van der Waals surface area contributed by atoms with Gasteiger partial charge in [-0.05, 0) is 12.1 Å². The second-order valence-electron chi connectivity index (χ2n) is 3.96. The summed E-state index contributed by atoms with van der Waals surface area (Å²) < 4.78 is 0. The van der Waals surface area contributed by atoms with E-state index in [4.69, 9.17) is 5.73 Å². The highest BCUT2D eigenvalue weighted by Gasteiger charge is 2.11. The van der Waals surface area contributed by atoms with Gasteiger partial charge in [0.1, 0.15) is 5.69 Å². The van der Waals surface area contributed by atoms with Crippen LogP contribution in [0.2, 0.25) is 0 Å². The molecule has 5 nitrogen and oxygen atoms in total. The van der Waals surface area contributed by atoms with Gasteiger partial charge in [0.2, 0.25) is 0 Å². The first-order valence-corrected chi connectivity index (χ1v) is 6.44. The Morgan fingerprint density at radius 2 is 2.26 bits per heavy atom. The summed E-state index contributed by atoms with van der Waals surface area (Å²) in [6, 6.07) is 3.27. The van der Waals surface area contributed by atoms with Crippen molar-refractivity contribution in [2.45, 2.75) is 12.8 Å². The zero-order valence-corrected chi connectivity index (χ0v) is 12.0. The molecule has 1 atom stereocenters. The van der Waals surface area contributed by atoms with Crippen LogP contribution in [0.15, 0.2) is 29.9 Å². The molecule has 2 aromatic heterocycles. The number of carbonyl (C=O) groups excluding carboxylic acids is 1. The number of nitrogens with zero attached hydrogens (tertiary/aromatic N) is 2. The molecule has 2 aromatic rings. The van der Waals surface area contributed by atoms with Crippen molar-refractivity contribution in [2.75, 3.05) is 12.3 Å². The lowest BCUT2D eigenvalue weighted by molar-refractivity contribution is 0.0946. The highest BCUT2D eigenvalue weighted by molar-refractivity contribution is 7.09. The molecule has 1 unspecified atom stereocenters. The Morgan fingerprint density at radius 1 is 1.47 bits per heavy atom. The molecular formula is C12H15ClN4OS. The van der Waals surface area contributed by atoms with Gasteiger partial charge in [0.15, 0.2) is 0 Å². The minimum Gasteiger partial charge on any atom is -0.397 e. The topological polar surface area (TPSA) is 80.9 Å². The number of nitrogen functional groups attached to an aromatic ring is 1. The summed E-state index contributed by atoms with van der Waals surface area (Å²) in [5.74, 6) is 0.00105. The Bertz CT molecular complexity index is 515. The van der Waals surface area contributed by atoms with E-state index in [-0.39, 0.29) is 24.2 Å². The van der Waals surface area contributed by atoms with Crippen molar-refractivity contribution in [1.82, 2.24) is 15.3 Å². The van der Waals surface area contributed by atoms with Crippen molar-refractivity contribution < 1.29 is 4.79 Å². The number of halogens is 1. The minimum atomic E-state index is -0.196. The number of hydrogen-bond donors (Lipinski definition) is 2. The quantitative estimate of drug-likeness (QED) is 0.905. The molecule has 19 heavy (non-hydrogen) atoms. The van der Waals surface area contributed by atoms with Crippen LogP contribution in [0.4, 0.5) is 5.69 Å². The number of thiazole rings is 1. The molecule has 0 fully saturated rings. The molecule has 0 aliphatic heterocycles. The average molecular weight is 299 g/mol. The molecule has 0 spiro atoms. The second kappa shape index (κ2) is 7.06. The number of hydrogen-bond acceptors (Lipinski definition) is 5. The Hall–Kier alpha value is -1.66. The predicted molar refractivity (Wildman–Crippen MR) is 78.8 cm³/mol. The van der Waals surface area contributed by atoms with Gasteiger partial charge in [-0.2, -0.15) is 0 Å². The van der Waals surface area contributed by atoms with Gasteiger partial charge in [0.05, 0.1) is 16.9 Å². The fourth-order valence-electron chi connectivity index (χ4n) is 1.44. The summed E-state index contributed by atoms with van der Waals surface area (Å²) >= 11 is 1.59. The van der Waals surface area contributed by atoms with Gasteiger partial charge in [-0.1, -0.05) is 6.92 Å². The van der Waals surface area contributed by atoms with Gasteiger partial charge in [-0.25, -0.2) is 9.97 Å². The molecular weight excluding hydrogens is 284 g/mol. The van der Waals surface area contributed by atoms with Crippen molar-refractivity contribution in [3.8, 4) is 0 Å². The molecule has 0 bridgehead atoms. The fraction of sp³-hybridized carbons (Fsp3) is 0.250. The van der Waals surface area contributed by atoms with E-state index >= 15 is 0 Å². The van der Waals surface area contributed by atoms with E-state index in [2.05, 4.69) is 15.3 Å². The fourth-order valence-corrected chi connectivity index (χ4v) is 2.14. The zero-order chi connectivity index (χ0) is 13.0. The van der Waals surface area contributed by atoms with Crippen LogP contribution in [0.3, 0.4) is 0 Å². The first-order valence-electron chi connectivity index (χ1n) is 5.56. The number of rotatable bonds is 4. The summed E-state index contributed by atoms with van der Waals surface area (Å²) in [5.41, 5.74) is 6.43. The first kappa shape index (κ1) is 15.4. The molecule has 0 radical (unpaired) electrons. The molecule has 1 amide bonds. The van der Waals surface area contributed by atoms with Crippen LogP contribution in [0.5, 0.6) is 0 Å². The van der Waals surface area contributed by atoms with Crippen LogP contribution in [-0.2, 0) is 0 Å². The number of anilines is 1. The molecule has 0 aliphatic rings. The van der Waals surface area contributed by atoms with E-state index in [0.717, 1.165) is 5.01 Å². The number of carbonyl (C=O) groups is 1. The van der Waals surface area contributed by atoms with Gasteiger partial charge in [0, 0.05) is 24.0 Å². The number of nitrogens with one attached hydrogen (secondary N) is 1. The third-order valence-corrected chi connectivity index (χ3v) is 3.47. The molecule has 2 rings (SSSR count). The summed E-state index contributed by atoms with van der Waals surface area (Å²) in [5, 5.41) is 5.77. The maximum Gasteiger partial charge on any atom is 0.269 e. The smallest absolute Gasteiger partial charge is 0.269 e. The lowest BCUT2D eigenvalue weighted by atomic mass is 10.2. The SMILES string of the molecule is CC(CNC(=O)c1ccc(N)cn1)c1nccs1.Cl. The second-order valence-corrected chi connectivity index (χ2v) is 4.88. The Kier molecular flexibility index (Phi) is 5.72. The molecule has 0 saturated heterocycles. The van der Waals surface area contributed by atoms with E-state index < -0.39 is 0 Å². The summed E-state index contributed by atoms with van der Waals surface area (Å²) in [6.07, 6.45) is 3.24. The van der Waals surface area contributed by atoms with Gasteiger partial charge >= 0.3 is 0 Å². The van der Waals surface area contributed by atoms with E-state index in [1.807, 2.05) is 12.3 Å². The normalized spacial score (nSPS) is 11.4. The van der Waals surface area contributed by atoms with Gasteiger partial charge in [-0.15, -0.1) is 23.7 Å². The Morgan fingerprint density at radius 3 is 2.84 bits per heavy atom. The van der Waals surface area contributed by atoms with E-state index in [9.17, 15) is 4.79 Å². The maximum atomic E-state index is 11.8. The van der Waals surface area contributed by atoms with Gasteiger partial charge in [-0.3, -0.25) is 4.79 Å².